The van der Waals surface area contributed by atoms with Gasteiger partial charge < -0.3 is 4.74 Å². The molecule has 0 heterocycles. The third-order valence-electron chi connectivity index (χ3n) is 3.23. The van der Waals surface area contributed by atoms with E-state index in [2.05, 4.69) is 11.3 Å². The zero-order valence-electron chi connectivity index (χ0n) is 12.5. The molecule has 110 valence electrons. The number of ether oxygens (including phenoxy) is 1. The van der Waals surface area contributed by atoms with Gasteiger partial charge in [0.05, 0.1) is 7.11 Å². The van der Waals surface area contributed by atoms with Gasteiger partial charge in [0.25, 0.3) is 0 Å². The van der Waals surface area contributed by atoms with Gasteiger partial charge in [-0.2, -0.15) is 0 Å². The van der Waals surface area contributed by atoms with E-state index in [4.69, 9.17) is 0 Å². The Morgan fingerprint density at radius 2 is 1.41 bits per heavy atom. The molecule has 0 saturated heterocycles. The summed E-state index contributed by atoms with van der Waals surface area (Å²) in [7, 11) is 1.36. The van der Waals surface area contributed by atoms with E-state index in [9.17, 15) is 4.79 Å². The van der Waals surface area contributed by atoms with Crippen LogP contribution in [0.3, 0.4) is 0 Å². The van der Waals surface area contributed by atoms with E-state index in [0.29, 0.717) is 0 Å². The standard InChI is InChI=1S/C20H18O2/c1-3-16(14-15-19(21)22-2)20(17-10-6-4-7-11-17)18-12-8-5-9-13-18/h3-15H,1H2,2H3. The Balaban J connectivity index is 2.60. The van der Waals surface area contributed by atoms with Crippen LogP contribution in [0, 0.1) is 0 Å². The summed E-state index contributed by atoms with van der Waals surface area (Å²) in [5.74, 6) is -0.389. The van der Waals surface area contributed by atoms with Crippen molar-refractivity contribution in [3.05, 3.63) is 102 Å². The van der Waals surface area contributed by atoms with Crippen LogP contribution in [0.25, 0.3) is 5.57 Å². The van der Waals surface area contributed by atoms with Gasteiger partial charge in [0, 0.05) is 6.08 Å². The molecule has 0 aliphatic carbocycles. The number of allylic oxidation sites excluding steroid dienone is 3. The number of benzene rings is 2. The highest BCUT2D eigenvalue weighted by Gasteiger charge is 2.08. The molecule has 2 nitrogen and oxygen atoms in total. The van der Waals surface area contributed by atoms with Crippen LogP contribution in [0.1, 0.15) is 11.1 Å². The molecule has 2 aromatic rings. The van der Waals surface area contributed by atoms with E-state index in [1.165, 1.54) is 13.2 Å². The molecule has 0 fully saturated rings. The van der Waals surface area contributed by atoms with Crippen LogP contribution < -0.4 is 0 Å². The average Bonchev–Trinajstić information content (AvgIpc) is 2.59. The summed E-state index contributed by atoms with van der Waals surface area (Å²) in [6.45, 7) is 3.88. The van der Waals surface area contributed by atoms with Crippen LogP contribution >= 0.6 is 0 Å². The minimum Gasteiger partial charge on any atom is -0.466 e. The first kappa shape index (κ1) is 15.5. The van der Waals surface area contributed by atoms with Crippen LogP contribution in [-0.4, -0.2) is 13.1 Å². The van der Waals surface area contributed by atoms with E-state index < -0.39 is 0 Å². The molecule has 2 heteroatoms. The van der Waals surface area contributed by atoms with Crippen molar-refractivity contribution in [3.8, 4) is 0 Å². The third-order valence-corrected chi connectivity index (χ3v) is 3.23. The number of methoxy groups -OCH3 is 1. The van der Waals surface area contributed by atoms with E-state index in [1.54, 1.807) is 12.2 Å². The zero-order valence-corrected chi connectivity index (χ0v) is 12.5. The fraction of sp³-hybridized carbons (Fsp3) is 0.0500. The van der Waals surface area contributed by atoms with Gasteiger partial charge >= 0.3 is 5.97 Å². The first-order valence-corrected chi connectivity index (χ1v) is 7.00. The molecule has 0 amide bonds. The van der Waals surface area contributed by atoms with Crippen LogP contribution in [-0.2, 0) is 9.53 Å². The number of hydrogen-bond acceptors (Lipinski definition) is 2. The molecule has 0 unspecified atom stereocenters. The number of carbonyl (C=O) groups excluding carboxylic acids is 1. The van der Waals surface area contributed by atoms with Crippen LogP contribution in [0.2, 0.25) is 0 Å². The Morgan fingerprint density at radius 1 is 0.909 bits per heavy atom. The summed E-state index contributed by atoms with van der Waals surface area (Å²) in [4.78, 5) is 11.4. The lowest BCUT2D eigenvalue weighted by molar-refractivity contribution is -0.134. The molecular formula is C20H18O2. The molecular weight excluding hydrogens is 272 g/mol. The normalized spacial score (nSPS) is 10.2. The highest BCUT2D eigenvalue weighted by atomic mass is 16.5. The van der Waals surface area contributed by atoms with E-state index in [1.807, 2.05) is 60.7 Å². The average molecular weight is 290 g/mol. The van der Waals surface area contributed by atoms with E-state index in [0.717, 1.165) is 22.3 Å². The van der Waals surface area contributed by atoms with Gasteiger partial charge in [-0.15, -0.1) is 0 Å². The molecule has 0 N–H and O–H groups in total. The van der Waals surface area contributed by atoms with E-state index in [-0.39, 0.29) is 5.97 Å². The molecule has 0 bridgehead atoms. The second-order valence-electron chi connectivity index (χ2n) is 4.62. The highest BCUT2D eigenvalue weighted by molar-refractivity contribution is 5.88. The molecule has 0 aliphatic rings. The van der Waals surface area contributed by atoms with Crippen LogP contribution in [0.5, 0.6) is 0 Å². The molecule has 0 saturated carbocycles. The van der Waals surface area contributed by atoms with Crippen LogP contribution in [0.4, 0.5) is 0 Å². The summed E-state index contributed by atoms with van der Waals surface area (Å²) in [5, 5.41) is 0. The molecule has 0 atom stereocenters. The lowest BCUT2D eigenvalue weighted by Crippen LogP contribution is -1.95. The summed E-state index contributed by atoms with van der Waals surface area (Å²) in [6, 6.07) is 20.1. The Bertz CT molecular complexity index is 654. The Kier molecular flexibility index (Phi) is 5.50. The Morgan fingerprint density at radius 3 is 1.82 bits per heavy atom. The molecule has 0 radical (unpaired) electrons. The van der Waals surface area contributed by atoms with Gasteiger partial charge in [-0.3, -0.25) is 0 Å². The molecule has 0 aliphatic heterocycles. The van der Waals surface area contributed by atoms with Crippen molar-refractivity contribution >= 4 is 11.5 Å². The molecule has 2 rings (SSSR count). The quantitative estimate of drug-likeness (QED) is 0.463. The molecule has 22 heavy (non-hydrogen) atoms. The van der Waals surface area contributed by atoms with Gasteiger partial charge in [-0.25, -0.2) is 4.79 Å². The minimum atomic E-state index is -0.389. The lowest BCUT2D eigenvalue weighted by Gasteiger charge is -2.11. The van der Waals surface area contributed by atoms with Gasteiger partial charge in [0.2, 0.25) is 0 Å². The predicted octanol–water partition coefficient (Wildman–Crippen LogP) is 4.40. The molecule has 0 aromatic heterocycles. The van der Waals surface area contributed by atoms with Crippen molar-refractivity contribution in [1.29, 1.82) is 0 Å². The maximum Gasteiger partial charge on any atom is 0.330 e. The van der Waals surface area contributed by atoms with Crippen molar-refractivity contribution < 1.29 is 9.53 Å². The summed E-state index contributed by atoms with van der Waals surface area (Å²) in [6.07, 6.45) is 4.88. The second-order valence-corrected chi connectivity index (χ2v) is 4.62. The fourth-order valence-corrected chi connectivity index (χ4v) is 2.19. The zero-order chi connectivity index (χ0) is 15.8. The monoisotopic (exact) mass is 290 g/mol. The van der Waals surface area contributed by atoms with Gasteiger partial charge in [0.1, 0.15) is 0 Å². The maximum atomic E-state index is 11.4. The van der Waals surface area contributed by atoms with Crippen LogP contribution in [0.15, 0.2) is 91.0 Å². The first-order chi connectivity index (χ1) is 10.8. The Labute approximate surface area is 131 Å². The number of carbonyl (C=O) groups is 1. The van der Waals surface area contributed by atoms with Gasteiger partial charge in [-0.05, 0) is 28.3 Å². The summed E-state index contributed by atoms with van der Waals surface area (Å²) < 4.78 is 4.65. The number of esters is 1. The fourth-order valence-electron chi connectivity index (χ4n) is 2.19. The maximum absolute atomic E-state index is 11.4. The van der Waals surface area contributed by atoms with Gasteiger partial charge in [-0.1, -0.05) is 73.3 Å². The lowest BCUT2D eigenvalue weighted by atomic mass is 9.92. The predicted molar refractivity (Wildman–Crippen MR) is 90.3 cm³/mol. The second kappa shape index (κ2) is 7.79. The van der Waals surface area contributed by atoms with Crippen molar-refractivity contribution in [2.45, 2.75) is 0 Å². The largest absolute Gasteiger partial charge is 0.466 e. The Hall–Kier alpha value is -2.87. The van der Waals surface area contributed by atoms with Crippen molar-refractivity contribution in [2.75, 3.05) is 7.11 Å². The topological polar surface area (TPSA) is 26.3 Å². The SMILES string of the molecule is C=CC(C=CC(=O)OC)=C(c1ccccc1)c1ccccc1. The molecule has 2 aromatic carbocycles. The smallest absolute Gasteiger partial charge is 0.330 e. The number of hydrogen-bond donors (Lipinski definition) is 0. The number of rotatable bonds is 5. The summed E-state index contributed by atoms with van der Waals surface area (Å²) >= 11 is 0. The third kappa shape index (κ3) is 3.83. The molecule has 0 spiro atoms. The minimum absolute atomic E-state index is 0.389. The highest BCUT2D eigenvalue weighted by Crippen LogP contribution is 2.28. The van der Waals surface area contributed by atoms with Crippen molar-refractivity contribution in [3.63, 3.8) is 0 Å². The van der Waals surface area contributed by atoms with Gasteiger partial charge in [0.15, 0.2) is 0 Å². The summed E-state index contributed by atoms with van der Waals surface area (Å²) in [5.41, 5.74) is 4.02. The van der Waals surface area contributed by atoms with Crippen molar-refractivity contribution in [2.24, 2.45) is 0 Å². The van der Waals surface area contributed by atoms with E-state index >= 15 is 0 Å². The van der Waals surface area contributed by atoms with Crippen molar-refractivity contribution in [1.82, 2.24) is 0 Å². The first-order valence-electron chi connectivity index (χ1n) is 7.00.